The van der Waals surface area contributed by atoms with Crippen molar-refractivity contribution in [1.29, 1.82) is 0 Å². The molecular formula is C19H21N3S. The van der Waals surface area contributed by atoms with E-state index in [4.69, 9.17) is 0 Å². The fraction of sp³-hybridized carbons (Fsp3) is 0.368. The second-order valence-electron chi connectivity index (χ2n) is 6.76. The highest BCUT2D eigenvalue weighted by Crippen LogP contribution is 2.40. The van der Waals surface area contributed by atoms with Gasteiger partial charge in [-0.25, -0.2) is 9.97 Å². The Hall–Kier alpha value is -1.94. The molecule has 0 aliphatic heterocycles. The van der Waals surface area contributed by atoms with Gasteiger partial charge in [-0.3, -0.25) is 0 Å². The molecule has 1 aromatic carbocycles. The van der Waals surface area contributed by atoms with E-state index in [0.717, 1.165) is 28.7 Å². The van der Waals surface area contributed by atoms with Gasteiger partial charge in [-0.2, -0.15) is 0 Å². The molecule has 3 nitrogen and oxygen atoms in total. The monoisotopic (exact) mass is 323 g/mol. The highest BCUT2D eigenvalue weighted by Gasteiger charge is 2.23. The van der Waals surface area contributed by atoms with Crippen molar-refractivity contribution >= 4 is 33.1 Å². The van der Waals surface area contributed by atoms with E-state index in [1.807, 2.05) is 11.3 Å². The first-order valence-electron chi connectivity index (χ1n) is 8.20. The third-order valence-corrected chi connectivity index (χ3v) is 5.74. The Morgan fingerprint density at radius 1 is 1.13 bits per heavy atom. The van der Waals surface area contributed by atoms with Crippen LogP contribution >= 0.6 is 11.3 Å². The van der Waals surface area contributed by atoms with Crippen molar-refractivity contribution in [1.82, 2.24) is 9.97 Å². The van der Waals surface area contributed by atoms with Gasteiger partial charge in [0.1, 0.15) is 17.0 Å². The molecule has 2 heterocycles. The van der Waals surface area contributed by atoms with E-state index < -0.39 is 0 Å². The van der Waals surface area contributed by atoms with Gasteiger partial charge in [-0.1, -0.05) is 13.0 Å². The number of benzene rings is 1. The van der Waals surface area contributed by atoms with Crippen LogP contribution in [0.15, 0.2) is 24.5 Å². The third-order valence-electron chi connectivity index (χ3n) is 4.58. The summed E-state index contributed by atoms with van der Waals surface area (Å²) in [4.78, 5) is 11.7. The Morgan fingerprint density at radius 3 is 2.70 bits per heavy atom. The van der Waals surface area contributed by atoms with Gasteiger partial charge in [0.05, 0.1) is 5.39 Å². The van der Waals surface area contributed by atoms with Crippen LogP contribution in [-0.2, 0) is 12.8 Å². The summed E-state index contributed by atoms with van der Waals surface area (Å²) >= 11 is 1.84. The summed E-state index contributed by atoms with van der Waals surface area (Å²) in [7, 11) is 0. The SMILES string of the molecule is Cc1cc(C)cc(Nc2ncnc3sc4c(c23)CC[C@@H](C)C4)c1. The van der Waals surface area contributed by atoms with E-state index in [2.05, 4.69) is 54.3 Å². The number of nitrogens with zero attached hydrogens (tertiary/aromatic N) is 2. The van der Waals surface area contributed by atoms with Crippen molar-refractivity contribution in [2.75, 3.05) is 5.32 Å². The molecule has 4 rings (SSSR count). The van der Waals surface area contributed by atoms with E-state index >= 15 is 0 Å². The summed E-state index contributed by atoms with van der Waals surface area (Å²) in [6.07, 6.45) is 5.26. The molecule has 2 aromatic heterocycles. The number of rotatable bonds is 2. The maximum Gasteiger partial charge on any atom is 0.142 e. The molecular weight excluding hydrogens is 302 g/mol. The second-order valence-corrected chi connectivity index (χ2v) is 7.84. The fourth-order valence-corrected chi connectivity index (χ4v) is 4.90. The summed E-state index contributed by atoms with van der Waals surface area (Å²) in [5, 5.41) is 4.77. The molecule has 0 amide bonds. The predicted molar refractivity (Wildman–Crippen MR) is 97.8 cm³/mol. The summed E-state index contributed by atoms with van der Waals surface area (Å²) < 4.78 is 0. The lowest BCUT2D eigenvalue weighted by molar-refractivity contribution is 0.509. The highest BCUT2D eigenvalue weighted by molar-refractivity contribution is 7.19. The van der Waals surface area contributed by atoms with Crippen molar-refractivity contribution in [3.05, 3.63) is 46.1 Å². The maximum absolute atomic E-state index is 4.55. The van der Waals surface area contributed by atoms with Crippen LogP contribution in [-0.4, -0.2) is 9.97 Å². The number of hydrogen-bond donors (Lipinski definition) is 1. The minimum atomic E-state index is 0.777. The molecule has 118 valence electrons. The molecule has 0 saturated carbocycles. The standard InChI is InChI=1S/C19H21N3S/c1-11-4-5-15-16(9-11)23-19-17(15)18(20-10-21-19)22-14-7-12(2)6-13(3)8-14/h6-8,10-11H,4-5,9H2,1-3H3,(H,20,21,22)/t11-/m1/s1. The molecule has 4 heteroatoms. The van der Waals surface area contributed by atoms with E-state index in [1.165, 1.54) is 39.8 Å². The van der Waals surface area contributed by atoms with E-state index in [-0.39, 0.29) is 0 Å². The van der Waals surface area contributed by atoms with Crippen molar-refractivity contribution in [3.63, 3.8) is 0 Å². The van der Waals surface area contributed by atoms with Crippen molar-refractivity contribution in [2.24, 2.45) is 5.92 Å². The van der Waals surface area contributed by atoms with Crippen LogP contribution in [0, 0.1) is 19.8 Å². The van der Waals surface area contributed by atoms with Crippen molar-refractivity contribution < 1.29 is 0 Å². The molecule has 1 aliphatic rings. The molecule has 0 fully saturated rings. The molecule has 0 saturated heterocycles. The highest BCUT2D eigenvalue weighted by atomic mass is 32.1. The average Bonchev–Trinajstić information content (AvgIpc) is 2.84. The number of anilines is 2. The van der Waals surface area contributed by atoms with Crippen molar-refractivity contribution in [2.45, 2.75) is 40.0 Å². The van der Waals surface area contributed by atoms with Gasteiger partial charge in [0.15, 0.2) is 0 Å². The zero-order chi connectivity index (χ0) is 16.0. The summed E-state index contributed by atoms with van der Waals surface area (Å²) in [6, 6.07) is 6.53. The summed E-state index contributed by atoms with van der Waals surface area (Å²) in [6.45, 7) is 6.59. The number of hydrogen-bond acceptors (Lipinski definition) is 4. The molecule has 0 unspecified atom stereocenters. The molecule has 1 N–H and O–H groups in total. The van der Waals surface area contributed by atoms with Crippen LogP contribution in [0.5, 0.6) is 0 Å². The molecule has 23 heavy (non-hydrogen) atoms. The summed E-state index contributed by atoms with van der Waals surface area (Å²) in [5.41, 5.74) is 5.10. The molecule has 1 atom stereocenters. The van der Waals surface area contributed by atoms with Gasteiger partial charge in [0.25, 0.3) is 0 Å². The van der Waals surface area contributed by atoms with Crippen LogP contribution in [0.1, 0.15) is 34.9 Å². The largest absolute Gasteiger partial charge is 0.340 e. The number of nitrogens with one attached hydrogen (secondary N) is 1. The number of aromatic nitrogens is 2. The van der Waals surface area contributed by atoms with Crippen LogP contribution in [0.3, 0.4) is 0 Å². The average molecular weight is 323 g/mol. The first-order chi connectivity index (χ1) is 11.1. The first-order valence-corrected chi connectivity index (χ1v) is 9.02. The zero-order valence-corrected chi connectivity index (χ0v) is 14.6. The minimum Gasteiger partial charge on any atom is -0.340 e. The molecule has 0 spiro atoms. The lowest BCUT2D eigenvalue weighted by Gasteiger charge is -2.18. The molecule has 0 bridgehead atoms. The minimum absolute atomic E-state index is 0.777. The van der Waals surface area contributed by atoms with Crippen LogP contribution in [0.4, 0.5) is 11.5 Å². The molecule has 0 radical (unpaired) electrons. The van der Waals surface area contributed by atoms with Crippen LogP contribution < -0.4 is 5.32 Å². The van der Waals surface area contributed by atoms with Gasteiger partial charge < -0.3 is 5.32 Å². The number of fused-ring (bicyclic) bond motifs is 3. The normalized spacial score (nSPS) is 17.3. The smallest absolute Gasteiger partial charge is 0.142 e. The fourth-order valence-electron chi connectivity index (χ4n) is 3.55. The zero-order valence-electron chi connectivity index (χ0n) is 13.8. The van der Waals surface area contributed by atoms with Crippen LogP contribution in [0.25, 0.3) is 10.2 Å². The van der Waals surface area contributed by atoms with Gasteiger partial charge in [-0.05, 0) is 67.9 Å². The maximum atomic E-state index is 4.55. The van der Waals surface area contributed by atoms with Gasteiger partial charge >= 0.3 is 0 Å². The van der Waals surface area contributed by atoms with E-state index in [1.54, 1.807) is 6.33 Å². The second kappa shape index (κ2) is 5.60. The number of aryl methyl sites for hydroxylation is 3. The van der Waals surface area contributed by atoms with Gasteiger partial charge in [0, 0.05) is 10.6 Å². The van der Waals surface area contributed by atoms with Crippen molar-refractivity contribution in [3.8, 4) is 0 Å². The Kier molecular flexibility index (Phi) is 3.57. The summed E-state index contributed by atoms with van der Waals surface area (Å²) in [5.74, 6) is 1.73. The van der Waals surface area contributed by atoms with E-state index in [9.17, 15) is 0 Å². The Bertz CT molecular complexity index is 861. The lowest BCUT2D eigenvalue weighted by Crippen LogP contribution is -2.09. The Morgan fingerprint density at radius 2 is 1.91 bits per heavy atom. The molecule has 3 aromatic rings. The quantitative estimate of drug-likeness (QED) is 0.706. The van der Waals surface area contributed by atoms with Gasteiger partial charge in [0.2, 0.25) is 0 Å². The first kappa shape index (κ1) is 14.6. The van der Waals surface area contributed by atoms with E-state index in [0.29, 0.717) is 0 Å². The number of thiophene rings is 1. The van der Waals surface area contributed by atoms with Crippen LogP contribution in [0.2, 0.25) is 0 Å². The topological polar surface area (TPSA) is 37.8 Å². The lowest BCUT2D eigenvalue weighted by atomic mass is 9.89. The Balaban J connectivity index is 1.81. The predicted octanol–water partition coefficient (Wildman–Crippen LogP) is 5.18. The Labute approximate surface area is 140 Å². The third kappa shape index (κ3) is 2.72. The van der Waals surface area contributed by atoms with Gasteiger partial charge in [-0.15, -0.1) is 11.3 Å². The molecule has 1 aliphatic carbocycles.